The molecule has 0 aliphatic carbocycles. The number of carbonyl (C=O) groups is 1. The predicted molar refractivity (Wildman–Crippen MR) is 79.3 cm³/mol. The number of nitriles is 1. The minimum atomic E-state index is -0.0729. The molecule has 0 saturated carbocycles. The summed E-state index contributed by atoms with van der Waals surface area (Å²) < 4.78 is 12.8. The third-order valence-electron chi connectivity index (χ3n) is 4.05. The number of carbonyl (C=O) groups excluding carboxylic acids is 1. The number of nitrogens with zero attached hydrogens (tertiary/aromatic N) is 4. The largest absolute Gasteiger partial charge is 0.486 e. The van der Waals surface area contributed by atoms with Crippen molar-refractivity contribution in [3.63, 3.8) is 0 Å². The van der Waals surface area contributed by atoms with E-state index in [4.69, 9.17) is 14.7 Å². The van der Waals surface area contributed by atoms with Crippen LogP contribution in [0.1, 0.15) is 22.0 Å². The van der Waals surface area contributed by atoms with E-state index < -0.39 is 0 Å². The van der Waals surface area contributed by atoms with Gasteiger partial charge in [-0.1, -0.05) is 6.07 Å². The average Bonchev–Trinajstić information content (AvgIpc) is 3.01. The summed E-state index contributed by atoms with van der Waals surface area (Å²) in [6.45, 7) is 2.08. The molecule has 1 saturated heterocycles. The summed E-state index contributed by atoms with van der Waals surface area (Å²) in [6, 6.07) is 7.51. The highest BCUT2D eigenvalue weighted by Gasteiger charge is 2.35. The van der Waals surface area contributed by atoms with E-state index in [2.05, 4.69) is 11.2 Å². The van der Waals surface area contributed by atoms with Gasteiger partial charge in [0.1, 0.15) is 19.3 Å². The van der Waals surface area contributed by atoms with Gasteiger partial charge in [0, 0.05) is 19.3 Å². The minimum absolute atomic E-state index is 0.0729. The first-order chi connectivity index (χ1) is 11.3. The van der Waals surface area contributed by atoms with Gasteiger partial charge in [-0.15, -0.1) is 0 Å². The molecule has 116 valence electrons. The number of fused-ring (bicyclic) bond motifs is 1. The third-order valence-corrected chi connectivity index (χ3v) is 4.05. The Morgan fingerprint density at radius 2 is 2.13 bits per heavy atom. The van der Waals surface area contributed by atoms with E-state index >= 15 is 0 Å². The van der Waals surface area contributed by atoms with Crippen molar-refractivity contribution in [1.82, 2.24) is 14.7 Å². The van der Waals surface area contributed by atoms with Crippen LogP contribution in [-0.4, -0.2) is 46.9 Å². The highest BCUT2D eigenvalue weighted by Crippen LogP contribution is 2.35. The Morgan fingerprint density at radius 3 is 2.91 bits per heavy atom. The number of benzene rings is 1. The van der Waals surface area contributed by atoms with Crippen molar-refractivity contribution in [2.45, 2.75) is 6.04 Å². The van der Waals surface area contributed by atoms with Crippen molar-refractivity contribution in [3.05, 3.63) is 41.7 Å². The van der Waals surface area contributed by atoms with E-state index in [0.29, 0.717) is 48.9 Å². The van der Waals surface area contributed by atoms with Gasteiger partial charge in [0.05, 0.1) is 23.4 Å². The Balaban J connectivity index is 1.49. The van der Waals surface area contributed by atoms with Gasteiger partial charge in [-0.3, -0.25) is 9.48 Å². The van der Waals surface area contributed by atoms with Crippen LogP contribution in [0.2, 0.25) is 0 Å². The molecule has 2 aromatic rings. The SMILES string of the molecule is N#Cc1cnn(C2CN(C(=O)c3cccc4c3OCCO4)C2)c1. The summed E-state index contributed by atoms with van der Waals surface area (Å²) in [6.07, 6.45) is 3.23. The number of hydrogen-bond acceptors (Lipinski definition) is 5. The lowest BCUT2D eigenvalue weighted by molar-refractivity contribution is 0.0493. The molecule has 1 aromatic carbocycles. The smallest absolute Gasteiger partial charge is 0.257 e. The molecule has 0 N–H and O–H groups in total. The Morgan fingerprint density at radius 1 is 1.30 bits per heavy atom. The lowest BCUT2D eigenvalue weighted by atomic mass is 10.1. The van der Waals surface area contributed by atoms with Crippen molar-refractivity contribution in [2.24, 2.45) is 0 Å². The molecule has 1 fully saturated rings. The highest BCUT2D eigenvalue weighted by atomic mass is 16.6. The van der Waals surface area contributed by atoms with Crippen LogP contribution < -0.4 is 9.47 Å². The van der Waals surface area contributed by atoms with Crippen LogP contribution in [0.25, 0.3) is 0 Å². The van der Waals surface area contributed by atoms with E-state index in [-0.39, 0.29) is 11.9 Å². The number of rotatable bonds is 2. The van der Waals surface area contributed by atoms with E-state index in [0.717, 1.165) is 0 Å². The first-order valence-electron chi connectivity index (χ1n) is 7.38. The number of para-hydroxylation sites is 1. The molecule has 2 aliphatic heterocycles. The zero-order chi connectivity index (χ0) is 15.8. The van der Waals surface area contributed by atoms with Crippen molar-refractivity contribution in [3.8, 4) is 17.6 Å². The monoisotopic (exact) mass is 310 g/mol. The zero-order valence-electron chi connectivity index (χ0n) is 12.3. The lowest BCUT2D eigenvalue weighted by Gasteiger charge is -2.39. The second-order valence-electron chi connectivity index (χ2n) is 5.51. The predicted octanol–water partition coefficient (Wildman–Crippen LogP) is 1.22. The second kappa shape index (κ2) is 5.32. The Labute approximate surface area is 132 Å². The normalized spacial score (nSPS) is 16.6. The molecule has 2 aliphatic rings. The van der Waals surface area contributed by atoms with Gasteiger partial charge >= 0.3 is 0 Å². The summed E-state index contributed by atoms with van der Waals surface area (Å²) in [5.41, 5.74) is 1.05. The van der Waals surface area contributed by atoms with Crippen LogP contribution in [0, 0.1) is 11.3 Å². The summed E-state index contributed by atoms with van der Waals surface area (Å²) in [4.78, 5) is 14.4. The van der Waals surface area contributed by atoms with Gasteiger partial charge in [-0.25, -0.2) is 0 Å². The number of ether oxygens (including phenoxy) is 2. The zero-order valence-corrected chi connectivity index (χ0v) is 12.3. The van der Waals surface area contributed by atoms with Gasteiger partial charge in [-0.2, -0.15) is 10.4 Å². The molecule has 0 spiro atoms. The third kappa shape index (κ3) is 2.28. The van der Waals surface area contributed by atoms with Crippen molar-refractivity contribution in [2.75, 3.05) is 26.3 Å². The maximum Gasteiger partial charge on any atom is 0.257 e. The van der Waals surface area contributed by atoms with Crippen molar-refractivity contribution in [1.29, 1.82) is 5.26 Å². The fourth-order valence-corrected chi connectivity index (χ4v) is 2.80. The van der Waals surface area contributed by atoms with Gasteiger partial charge in [-0.05, 0) is 12.1 Å². The van der Waals surface area contributed by atoms with Crippen LogP contribution in [0.3, 0.4) is 0 Å². The molecule has 0 bridgehead atoms. The quantitative estimate of drug-likeness (QED) is 0.833. The van der Waals surface area contributed by atoms with Crippen molar-refractivity contribution >= 4 is 5.91 Å². The fourth-order valence-electron chi connectivity index (χ4n) is 2.80. The van der Waals surface area contributed by atoms with Crippen LogP contribution >= 0.6 is 0 Å². The summed E-state index contributed by atoms with van der Waals surface area (Å²) in [5.74, 6) is 1.07. The van der Waals surface area contributed by atoms with E-state index in [1.165, 1.54) is 6.20 Å². The molecule has 0 radical (unpaired) electrons. The van der Waals surface area contributed by atoms with Gasteiger partial charge in [0.15, 0.2) is 11.5 Å². The maximum absolute atomic E-state index is 12.6. The topological polar surface area (TPSA) is 80.4 Å². The molecule has 0 atom stereocenters. The maximum atomic E-state index is 12.6. The van der Waals surface area contributed by atoms with Gasteiger partial charge < -0.3 is 14.4 Å². The van der Waals surface area contributed by atoms with Crippen molar-refractivity contribution < 1.29 is 14.3 Å². The number of likely N-dealkylation sites (tertiary alicyclic amines) is 1. The van der Waals surface area contributed by atoms with Crippen LogP contribution in [0.15, 0.2) is 30.6 Å². The molecule has 3 heterocycles. The lowest BCUT2D eigenvalue weighted by Crippen LogP contribution is -2.51. The van der Waals surface area contributed by atoms with Gasteiger partial charge in [0.25, 0.3) is 5.91 Å². The Hall–Kier alpha value is -3.01. The Bertz CT molecular complexity index is 802. The van der Waals surface area contributed by atoms with E-state index in [9.17, 15) is 4.79 Å². The summed E-state index contributed by atoms with van der Waals surface area (Å²) >= 11 is 0. The van der Waals surface area contributed by atoms with Crippen LogP contribution in [0.5, 0.6) is 11.5 Å². The van der Waals surface area contributed by atoms with Crippen LogP contribution in [0.4, 0.5) is 0 Å². The molecular weight excluding hydrogens is 296 g/mol. The fraction of sp³-hybridized carbons (Fsp3) is 0.312. The van der Waals surface area contributed by atoms with Gasteiger partial charge in [0.2, 0.25) is 0 Å². The average molecular weight is 310 g/mol. The molecular formula is C16H14N4O3. The standard InChI is InChI=1S/C16H14N4O3/c17-6-11-7-18-20(8-11)12-9-19(10-12)16(21)13-2-1-3-14-15(13)23-5-4-22-14/h1-3,7-8,12H,4-5,9-10H2. The van der Waals surface area contributed by atoms with E-state index in [1.54, 1.807) is 34.0 Å². The molecule has 0 unspecified atom stereocenters. The second-order valence-corrected chi connectivity index (χ2v) is 5.51. The number of amides is 1. The number of hydrogen-bond donors (Lipinski definition) is 0. The Kier molecular flexibility index (Phi) is 3.15. The molecule has 7 nitrogen and oxygen atoms in total. The van der Waals surface area contributed by atoms with E-state index in [1.807, 2.05) is 0 Å². The number of aromatic nitrogens is 2. The summed E-state index contributed by atoms with van der Waals surface area (Å²) in [5, 5.41) is 13.0. The molecule has 7 heteroatoms. The molecule has 4 rings (SSSR count). The molecule has 23 heavy (non-hydrogen) atoms. The highest BCUT2D eigenvalue weighted by molar-refractivity contribution is 5.98. The molecule has 1 aromatic heterocycles. The molecule has 1 amide bonds. The first-order valence-corrected chi connectivity index (χ1v) is 7.38. The van der Waals surface area contributed by atoms with Crippen LogP contribution in [-0.2, 0) is 0 Å². The summed E-state index contributed by atoms with van der Waals surface area (Å²) in [7, 11) is 0. The minimum Gasteiger partial charge on any atom is -0.486 e. The first kappa shape index (κ1) is 13.6.